The van der Waals surface area contributed by atoms with Crippen LogP contribution in [0.4, 0.5) is 15.4 Å². The minimum Gasteiger partial charge on any atom is -0.490 e. The van der Waals surface area contributed by atoms with Crippen molar-refractivity contribution in [3.63, 3.8) is 0 Å². The maximum atomic E-state index is 13.8. The Balaban J connectivity index is 1.59. The summed E-state index contributed by atoms with van der Waals surface area (Å²) in [6.45, 7) is 20.7. The molecule has 2 aromatic carbocycles. The van der Waals surface area contributed by atoms with Crippen LogP contribution in [0.15, 0.2) is 64.2 Å². The van der Waals surface area contributed by atoms with Crippen LogP contribution in [0.2, 0.25) is 5.02 Å². The number of aliphatic hydroxyl groups is 1. The number of pyridine rings is 1. The van der Waals surface area contributed by atoms with Gasteiger partial charge in [0.2, 0.25) is 17.7 Å². The highest BCUT2D eigenvalue weighted by atomic mass is 35.5. The van der Waals surface area contributed by atoms with Crippen molar-refractivity contribution in [1.82, 2.24) is 31.2 Å². The number of amides is 4. The fourth-order valence-electron chi connectivity index (χ4n) is 7.32. The number of nitriles is 2. The Hall–Kier alpha value is -8.17. The van der Waals surface area contributed by atoms with Gasteiger partial charge in [-0.2, -0.15) is 10.5 Å². The van der Waals surface area contributed by atoms with Gasteiger partial charge in [0.25, 0.3) is 0 Å². The third-order valence-corrected chi connectivity index (χ3v) is 12.1. The highest BCUT2D eigenvalue weighted by Crippen LogP contribution is 2.37. The molecule has 0 aliphatic carbocycles. The molecule has 1 unspecified atom stereocenters. The van der Waals surface area contributed by atoms with E-state index in [1.165, 1.54) is 44.4 Å². The summed E-state index contributed by atoms with van der Waals surface area (Å²) in [6, 6.07) is 11.1. The number of benzene rings is 2. The van der Waals surface area contributed by atoms with Crippen molar-refractivity contribution >= 4 is 71.1 Å². The summed E-state index contributed by atoms with van der Waals surface area (Å²) in [6.07, 6.45) is -4.69. The van der Waals surface area contributed by atoms with Gasteiger partial charge in [0.05, 0.1) is 23.3 Å². The standard InChI is InChI=1S/C58H74ClN9O16S/c1-31(63-47(71)41(23-43(69)81-55(3,4)5)66-53(75)83-57(9,10)11)51(73)79-29-38(80-52(74)32(2)64-48(72)42(24-44(70)82-56(6,7)8)67-54(76)84-58(12,13)14)28-77-37-21-17-33(18-22-37)45-39(25-60)46(62)68-50(40(45)26-61)85-30-36-27-78-49(65-36)34-15-19-35(59)20-16-34/h15-22,27,31-32,38,41-43,69H,23-24,28-30H2,1-14H3,(H2,62,68)(H,63,71)(H,64,72)(H,66,75)(H,67,76)/t31-,32-,38-,41-,42-,43?/m0/s1. The van der Waals surface area contributed by atoms with Gasteiger partial charge in [-0.25, -0.2) is 29.1 Å². The van der Waals surface area contributed by atoms with Crippen LogP contribution in [0.1, 0.15) is 127 Å². The van der Waals surface area contributed by atoms with Gasteiger partial charge < -0.3 is 69.7 Å². The number of thioether (sulfide) groups is 1. The predicted molar refractivity (Wildman–Crippen MR) is 310 cm³/mol. The van der Waals surface area contributed by atoms with E-state index in [1.54, 1.807) is 107 Å². The lowest BCUT2D eigenvalue weighted by molar-refractivity contribution is -0.173. The number of oxazole rings is 1. The van der Waals surface area contributed by atoms with Crippen molar-refractivity contribution in [3.8, 4) is 40.5 Å². The average molecular weight is 1220 g/mol. The van der Waals surface area contributed by atoms with Gasteiger partial charge >= 0.3 is 30.1 Å². The van der Waals surface area contributed by atoms with Crippen LogP contribution < -0.4 is 31.7 Å². The third kappa shape index (κ3) is 23.8. The zero-order chi connectivity index (χ0) is 63.8. The Morgan fingerprint density at radius 3 is 1.76 bits per heavy atom. The molecule has 4 aromatic rings. The molecule has 27 heteroatoms. The maximum absolute atomic E-state index is 13.8. The molecule has 0 bridgehead atoms. The van der Waals surface area contributed by atoms with E-state index in [2.05, 4.69) is 37.3 Å². The Labute approximate surface area is 502 Å². The number of ether oxygens (including phenoxy) is 7. The number of hydrogen-bond donors (Lipinski definition) is 6. The summed E-state index contributed by atoms with van der Waals surface area (Å²) in [5, 5.41) is 41.7. The lowest BCUT2D eigenvalue weighted by atomic mass is 9.97. The molecule has 0 saturated heterocycles. The molecule has 25 nitrogen and oxygen atoms in total. The summed E-state index contributed by atoms with van der Waals surface area (Å²) in [7, 11) is 0. The smallest absolute Gasteiger partial charge is 0.408 e. The molecule has 6 atom stereocenters. The molecule has 0 radical (unpaired) electrons. The fraction of sp³-hybridized carbons (Fsp3) is 0.500. The summed E-state index contributed by atoms with van der Waals surface area (Å²) in [5.74, 6) is -4.37. The second kappa shape index (κ2) is 30.1. The van der Waals surface area contributed by atoms with Crippen LogP contribution in [0.25, 0.3) is 22.6 Å². The lowest BCUT2D eigenvalue weighted by Gasteiger charge is -2.28. The normalized spacial score (nSPS) is 13.8. The Bertz CT molecular complexity index is 3070. The summed E-state index contributed by atoms with van der Waals surface area (Å²) in [5.41, 5.74) is 4.30. The quantitative estimate of drug-likeness (QED) is 0.0170. The highest BCUT2D eigenvalue weighted by Gasteiger charge is 2.34. The van der Waals surface area contributed by atoms with Crippen molar-refractivity contribution in [3.05, 3.63) is 76.6 Å². The molecule has 4 amide bonds. The highest BCUT2D eigenvalue weighted by molar-refractivity contribution is 7.98. The minimum atomic E-state index is -1.59. The van der Waals surface area contributed by atoms with Crippen molar-refractivity contribution in [1.29, 1.82) is 10.5 Å². The molecule has 0 saturated carbocycles. The van der Waals surface area contributed by atoms with Crippen LogP contribution in [-0.2, 0) is 58.1 Å². The van der Waals surface area contributed by atoms with E-state index in [-0.39, 0.29) is 39.0 Å². The first-order valence-electron chi connectivity index (χ1n) is 26.7. The van der Waals surface area contributed by atoms with E-state index >= 15 is 0 Å². The topological polar surface area (TPSA) is 365 Å². The molecule has 0 aliphatic rings. The van der Waals surface area contributed by atoms with E-state index in [0.717, 1.165) is 11.8 Å². The molecule has 4 rings (SSSR count). The van der Waals surface area contributed by atoms with Gasteiger partial charge in [-0.05, 0) is 139 Å². The number of rotatable bonds is 24. The summed E-state index contributed by atoms with van der Waals surface area (Å²) < 4.78 is 44.4. The van der Waals surface area contributed by atoms with Crippen LogP contribution >= 0.6 is 23.4 Å². The lowest BCUT2D eigenvalue weighted by Crippen LogP contribution is -2.53. The number of nitrogens with zero attached hydrogens (tertiary/aromatic N) is 4. The first kappa shape index (κ1) is 69.3. The number of anilines is 1. The monoisotopic (exact) mass is 1220 g/mol. The molecular weight excluding hydrogens is 1150 g/mol. The molecule has 0 aliphatic heterocycles. The van der Waals surface area contributed by atoms with Crippen LogP contribution in [0, 0.1) is 22.7 Å². The Morgan fingerprint density at radius 2 is 1.22 bits per heavy atom. The van der Waals surface area contributed by atoms with Gasteiger partial charge in [-0.1, -0.05) is 35.5 Å². The number of esters is 3. The van der Waals surface area contributed by atoms with E-state index in [9.17, 15) is 49.2 Å². The Kier molecular flexibility index (Phi) is 24.5. The first-order valence-corrected chi connectivity index (χ1v) is 28.0. The van der Waals surface area contributed by atoms with E-state index in [4.69, 9.17) is 54.9 Å². The van der Waals surface area contributed by atoms with Gasteiger partial charge in [0.15, 0.2) is 12.4 Å². The summed E-state index contributed by atoms with van der Waals surface area (Å²) >= 11 is 7.17. The largest absolute Gasteiger partial charge is 0.490 e. The number of carbonyl (C=O) groups excluding carboxylic acids is 7. The van der Waals surface area contributed by atoms with Crippen molar-refractivity contribution in [2.75, 3.05) is 18.9 Å². The Morgan fingerprint density at radius 1 is 0.694 bits per heavy atom. The number of nitrogens with two attached hydrogens (primary N) is 1. The predicted octanol–water partition coefficient (Wildman–Crippen LogP) is 7.56. The van der Waals surface area contributed by atoms with Crippen molar-refractivity contribution in [2.45, 2.75) is 180 Å². The minimum absolute atomic E-state index is 0.0463. The van der Waals surface area contributed by atoms with E-state index < -0.39 is 127 Å². The molecule has 2 heterocycles. The second-order valence-corrected chi connectivity index (χ2v) is 24.6. The molecule has 85 heavy (non-hydrogen) atoms. The third-order valence-electron chi connectivity index (χ3n) is 10.8. The molecule has 0 spiro atoms. The molecule has 0 fully saturated rings. The number of nitrogens with one attached hydrogen (secondary N) is 4. The molecule has 460 valence electrons. The number of hydrogen-bond acceptors (Lipinski definition) is 22. The van der Waals surface area contributed by atoms with Crippen LogP contribution in [0.3, 0.4) is 0 Å². The second-order valence-electron chi connectivity index (χ2n) is 23.2. The fourth-order valence-corrected chi connectivity index (χ4v) is 8.31. The molecule has 7 N–H and O–H groups in total. The van der Waals surface area contributed by atoms with E-state index in [0.29, 0.717) is 27.7 Å². The first-order chi connectivity index (χ1) is 39.4. The number of aliphatic hydroxyl groups excluding tert-OH is 1. The van der Waals surface area contributed by atoms with Gasteiger partial charge in [0, 0.05) is 28.3 Å². The number of alkyl carbamates (subject to hydrolysis) is 2. The number of halogens is 1. The van der Waals surface area contributed by atoms with Crippen LogP contribution in [0.5, 0.6) is 5.75 Å². The number of aromatic nitrogens is 2. The van der Waals surface area contributed by atoms with E-state index in [1.807, 2.05) is 6.07 Å². The van der Waals surface area contributed by atoms with Gasteiger partial charge in [-0.15, -0.1) is 0 Å². The SMILES string of the molecule is C[C@H](NC(=O)[C@H](CC(O)OC(C)(C)C)NC(=O)OC(C)(C)C)C(=O)OC[C@H](COc1ccc(-c2c(C#N)c(N)nc(SCc3coc(-c4ccc(Cl)cc4)n3)c2C#N)cc1)OC(=O)[C@H](C)NC(=O)[C@H](CC(=O)OC(C)(C)C)NC(=O)OC(C)(C)C. The van der Waals surface area contributed by atoms with Crippen molar-refractivity contribution < 1.29 is 76.2 Å². The molecule has 2 aromatic heterocycles. The zero-order valence-corrected chi connectivity index (χ0v) is 51.5. The van der Waals surface area contributed by atoms with Gasteiger partial charge in [0.1, 0.15) is 94.7 Å². The molecular formula is C58H74ClN9O16S. The summed E-state index contributed by atoms with van der Waals surface area (Å²) in [4.78, 5) is 102. The van der Waals surface area contributed by atoms with Crippen molar-refractivity contribution in [2.24, 2.45) is 0 Å². The zero-order valence-electron chi connectivity index (χ0n) is 49.9. The maximum Gasteiger partial charge on any atom is 0.408 e. The average Bonchev–Trinajstić information content (AvgIpc) is 2.22. The number of carbonyl (C=O) groups is 7. The number of nitrogen functional groups attached to an aromatic ring is 1. The van der Waals surface area contributed by atoms with Gasteiger partial charge in [-0.3, -0.25) is 14.4 Å². The van der Waals surface area contributed by atoms with Crippen LogP contribution in [-0.4, -0.2) is 129 Å².